The molecule has 1 aliphatic heterocycles. The molecule has 168 valence electrons. The Kier molecular flexibility index (Phi) is 7.42. The number of hydrogen-bond donors (Lipinski definition) is 0. The standard InChI is InChI=1S/C23H24N2O5S2/c1-5-13-25-22(26)21(14-17-9-10-18(29-3)15-20(17)30-4)31-23(25)24-32(27,28)19-11-7-16(6-2)8-12-19/h5,7-12,14-15H,1,6,13H2,2-4H3/b21-14-,24-23?. The van der Waals surface area contributed by atoms with Gasteiger partial charge in [-0.25, -0.2) is 0 Å². The molecule has 1 aliphatic rings. The second-order valence-corrected chi connectivity index (χ2v) is 9.38. The highest BCUT2D eigenvalue weighted by Gasteiger charge is 2.34. The molecule has 7 nitrogen and oxygen atoms in total. The maximum absolute atomic E-state index is 13.0. The number of thioether (sulfide) groups is 1. The fraction of sp³-hybridized carbons (Fsp3) is 0.217. The largest absolute Gasteiger partial charge is 0.497 e. The van der Waals surface area contributed by atoms with Crippen molar-refractivity contribution in [3.05, 3.63) is 71.2 Å². The zero-order valence-electron chi connectivity index (χ0n) is 18.1. The number of carbonyl (C=O) groups is 1. The van der Waals surface area contributed by atoms with Crippen LogP contribution in [0.4, 0.5) is 0 Å². The van der Waals surface area contributed by atoms with E-state index in [-0.39, 0.29) is 22.5 Å². The van der Waals surface area contributed by atoms with Crippen molar-refractivity contribution >= 4 is 38.9 Å². The van der Waals surface area contributed by atoms with Crippen LogP contribution in [0, 0.1) is 0 Å². The van der Waals surface area contributed by atoms with Gasteiger partial charge in [-0.3, -0.25) is 9.69 Å². The maximum atomic E-state index is 13.0. The predicted octanol–water partition coefficient (Wildman–Crippen LogP) is 4.11. The highest BCUT2D eigenvalue weighted by Crippen LogP contribution is 2.36. The van der Waals surface area contributed by atoms with E-state index in [4.69, 9.17) is 9.47 Å². The molecule has 0 unspecified atom stereocenters. The van der Waals surface area contributed by atoms with Crippen molar-refractivity contribution in [1.29, 1.82) is 0 Å². The zero-order valence-corrected chi connectivity index (χ0v) is 19.7. The molecule has 0 aliphatic carbocycles. The summed E-state index contributed by atoms with van der Waals surface area (Å²) in [5.41, 5.74) is 1.68. The van der Waals surface area contributed by atoms with Gasteiger partial charge in [-0.05, 0) is 54.1 Å². The Morgan fingerprint density at radius 1 is 1.12 bits per heavy atom. The fourth-order valence-corrected chi connectivity index (χ4v) is 5.18. The van der Waals surface area contributed by atoms with Gasteiger partial charge in [-0.1, -0.05) is 25.1 Å². The minimum absolute atomic E-state index is 0.0723. The summed E-state index contributed by atoms with van der Waals surface area (Å²) in [7, 11) is -0.918. The van der Waals surface area contributed by atoms with Crippen molar-refractivity contribution in [3.8, 4) is 11.5 Å². The van der Waals surface area contributed by atoms with E-state index in [1.54, 1.807) is 43.5 Å². The normalized spacial score (nSPS) is 16.6. The van der Waals surface area contributed by atoms with E-state index >= 15 is 0 Å². The van der Waals surface area contributed by atoms with Crippen LogP contribution in [-0.2, 0) is 21.2 Å². The van der Waals surface area contributed by atoms with Gasteiger partial charge in [0.25, 0.3) is 15.9 Å². The summed E-state index contributed by atoms with van der Waals surface area (Å²) >= 11 is 0.994. The summed E-state index contributed by atoms with van der Waals surface area (Å²) in [5, 5.41) is 0.0770. The van der Waals surface area contributed by atoms with E-state index in [1.165, 1.54) is 30.2 Å². The Morgan fingerprint density at radius 2 is 1.84 bits per heavy atom. The van der Waals surface area contributed by atoms with Crippen LogP contribution >= 0.6 is 11.8 Å². The number of ether oxygens (including phenoxy) is 2. The van der Waals surface area contributed by atoms with Gasteiger partial charge in [0.15, 0.2) is 5.17 Å². The molecule has 1 saturated heterocycles. The lowest BCUT2D eigenvalue weighted by Crippen LogP contribution is -2.29. The first-order chi connectivity index (χ1) is 15.3. The summed E-state index contributed by atoms with van der Waals surface area (Å²) < 4.78 is 40.3. The average molecular weight is 473 g/mol. The van der Waals surface area contributed by atoms with Crippen LogP contribution in [0.3, 0.4) is 0 Å². The van der Waals surface area contributed by atoms with Crippen molar-refractivity contribution in [3.63, 3.8) is 0 Å². The van der Waals surface area contributed by atoms with E-state index in [0.29, 0.717) is 22.0 Å². The first-order valence-electron chi connectivity index (χ1n) is 9.81. The van der Waals surface area contributed by atoms with Crippen LogP contribution in [0.15, 0.2) is 69.3 Å². The summed E-state index contributed by atoms with van der Waals surface area (Å²) in [6.07, 6.45) is 3.97. The van der Waals surface area contributed by atoms with Crippen LogP contribution in [0.25, 0.3) is 6.08 Å². The van der Waals surface area contributed by atoms with E-state index < -0.39 is 10.0 Å². The molecule has 0 radical (unpaired) electrons. The lowest BCUT2D eigenvalue weighted by atomic mass is 10.1. The third-order valence-electron chi connectivity index (χ3n) is 4.75. The topological polar surface area (TPSA) is 85.3 Å². The van der Waals surface area contributed by atoms with Gasteiger partial charge in [-0.2, -0.15) is 8.42 Å². The van der Waals surface area contributed by atoms with E-state index in [0.717, 1.165) is 23.7 Å². The fourth-order valence-electron chi connectivity index (χ4n) is 3.00. The summed E-state index contributed by atoms with van der Waals surface area (Å²) in [5.74, 6) is 0.780. The zero-order chi connectivity index (χ0) is 23.3. The smallest absolute Gasteiger partial charge is 0.284 e. The van der Waals surface area contributed by atoms with Crippen molar-refractivity contribution in [2.24, 2.45) is 4.40 Å². The maximum Gasteiger partial charge on any atom is 0.284 e. The molecule has 1 fully saturated rings. The van der Waals surface area contributed by atoms with Crippen LogP contribution in [0.2, 0.25) is 0 Å². The molecule has 1 heterocycles. The minimum Gasteiger partial charge on any atom is -0.497 e. The van der Waals surface area contributed by atoms with Crippen molar-refractivity contribution in [1.82, 2.24) is 4.90 Å². The number of benzene rings is 2. The van der Waals surface area contributed by atoms with Crippen LogP contribution < -0.4 is 9.47 Å². The van der Waals surface area contributed by atoms with Crippen molar-refractivity contribution < 1.29 is 22.7 Å². The number of nitrogens with zero attached hydrogens (tertiary/aromatic N) is 2. The molecule has 0 spiro atoms. The Labute approximate surface area is 192 Å². The molecular weight excluding hydrogens is 448 g/mol. The number of amidine groups is 1. The molecule has 9 heteroatoms. The SMILES string of the molecule is C=CCN1C(=O)/C(=C/c2ccc(OC)cc2OC)SC1=NS(=O)(=O)c1ccc(CC)cc1. The number of carbonyl (C=O) groups excluding carboxylic acids is 1. The van der Waals surface area contributed by atoms with Crippen molar-refractivity contribution in [2.75, 3.05) is 20.8 Å². The summed E-state index contributed by atoms with van der Waals surface area (Å²) in [4.78, 5) is 14.7. The number of hydrogen-bond acceptors (Lipinski definition) is 6. The molecule has 0 saturated carbocycles. The first-order valence-corrected chi connectivity index (χ1v) is 12.1. The van der Waals surface area contributed by atoms with E-state index in [1.807, 2.05) is 6.92 Å². The molecule has 2 aromatic rings. The van der Waals surface area contributed by atoms with Gasteiger partial charge in [0, 0.05) is 18.2 Å². The molecule has 3 rings (SSSR count). The van der Waals surface area contributed by atoms with Gasteiger partial charge in [0.1, 0.15) is 11.5 Å². The lowest BCUT2D eigenvalue weighted by molar-refractivity contribution is -0.121. The summed E-state index contributed by atoms with van der Waals surface area (Å²) in [6.45, 7) is 5.78. The lowest BCUT2D eigenvalue weighted by Gasteiger charge is -2.12. The van der Waals surface area contributed by atoms with Gasteiger partial charge in [0.05, 0.1) is 24.0 Å². The number of methoxy groups -OCH3 is 2. The molecule has 1 amide bonds. The monoisotopic (exact) mass is 472 g/mol. The Bertz CT molecular complexity index is 1190. The molecule has 2 aromatic carbocycles. The number of aryl methyl sites for hydroxylation is 1. The number of amides is 1. The molecule has 0 N–H and O–H groups in total. The van der Waals surface area contributed by atoms with Crippen LogP contribution in [0.1, 0.15) is 18.1 Å². The Morgan fingerprint density at radius 3 is 2.44 bits per heavy atom. The van der Waals surface area contributed by atoms with Crippen molar-refractivity contribution in [2.45, 2.75) is 18.2 Å². The molecule has 32 heavy (non-hydrogen) atoms. The molecule has 0 bridgehead atoms. The van der Waals surface area contributed by atoms with Gasteiger partial charge in [0.2, 0.25) is 0 Å². The van der Waals surface area contributed by atoms with E-state index in [2.05, 4.69) is 11.0 Å². The summed E-state index contributed by atoms with van der Waals surface area (Å²) in [6, 6.07) is 11.8. The highest BCUT2D eigenvalue weighted by atomic mass is 32.2. The highest BCUT2D eigenvalue weighted by molar-refractivity contribution is 8.19. The molecular formula is C23H24N2O5S2. The third kappa shape index (κ3) is 5.05. The Balaban J connectivity index is 1.99. The predicted molar refractivity (Wildman–Crippen MR) is 127 cm³/mol. The van der Waals surface area contributed by atoms with Gasteiger partial charge in [-0.15, -0.1) is 11.0 Å². The van der Waals surface area contributed by atoms with Gasteiger partial charge < -0.3 is 9.47 Å². The van der Waals surface area contributed by atoms with Gasteiger partial charge >= 0.3 is 0 Å². The quantitative estimate of drug-likeness (QED) is 0.425. The third-order valence-corrected chi connectivity index (χ3v) is 7.16. The molecule has 0 aromatic heterocycles. The van der Waals surface area contributed by atoms with E-state index in [9.17, 15) is 13.2 Å². The second kappa shape index (κ2) is 10.1. The van der Waals surface area contributed by atoms with Crippen LogP contribution in [0.5, 0.6) is 11.5 Å². The number of sulfonamides is 1. The van der Waals surface area contributed by atoms with Crippen LogP contribution in [-0.4, -0.2) is 45.2 Å². The minimum atomic E-state index is -3.99. The first kappa shape index (κ1) is 23.6. The number of rotatable bonds is 8. The Hall–Kier alpha value is -3.04. The average Bonchev–Trinajstić information content (AvgIpc) is 3.08. The molecule has 0 atom stereocenters. The second-order valence-electron chi connectivity index (χ2n) is 6.77.